The molecular weight excluding hydrogens is 336 g/mol. The number of anilines is 1. The second kappa shape index (κ2) is 6.71. The van der Waals surface area contributed by atoms with E-state index in [2.05, 4.69) is 22.2 Å². The van der Waals surface area contributed by atoms with Crippen LogP contribution in [0.5, 0.6) is 0 Å². The Morgan fingerprint density at radius 2 is 2.28 bits per heavy atom. The summed E-state index contributed by atoms with van der Waals surface area (Å²) in [7, 11) is 0. The number of carbonyl (C=O) groups excluding carboxylic acids is 1. The maximum Gasteiger partial charge on any atom is 0.270 e. The first-order valence-corrected chi connectivity index (χ1v) is 9.44. The van der Waals surface area contributed by atoms with Crippen LogP contribution in [-0.2, 0) is 6.42 Å². The highest BCUT2D eigenvalue weighted by atomic mass is 35.5. The van der Waals surface area contributed by atoms with Gasteiger partial charge >= 0.3 is 0 Å². The number of amides is 1. The normalized spacial score (nSPS) is 15.8. The number of nitrogens with zero attached hydrogens (tertiary/aromatic N) is 2. The zero-order valence-electron chi connectivity index (χ0n) is 14.4. The van der Waals surface area contributed by atoms with E-state index in [0.29, 0.717) is 16.6 Å². The van der Waals surface area contributed by atoms with Gasteiger partial charge in [-0.2, -0.15) is 0 Å². The molecule has 25 heavy (non-hydrogen) atoms. The lowest BCUT2D eigenvalue weighted by Gasteiger charge is -2.21. The molecule has 6 heteroatoms. The quantitative estimate of drug-likeness (QED) is 0.821. The molecule has 1 aliphatic carbocycles. The fourth-order valence-corrected chi connectivity index (χ4v) is 3.80. The molecule has 1 fully saturated rings. The van der Waals surface area contributed by atoms with E-state index in [1.807, 2.05) is 17.2 Å². The fourth-order valence-electron chi connectivity index (χ4n) is 3.53. The van der Waals surface area contributed by atoms with Gasteiger partial charge in [-0.15, -0.1) is 0 Å². The van der Waals surface area contributed by atoms with Gasteiger partial charge in [0.05, 0.1) is 5.02 Å². The van der Waals surface area contributed by atoms with Gasteiger partial charge in [0, 0.05) is 48.7 Å². The van der Waals surface area contributed by atoms with Crippen molar-refractivity contribution >= 4 is 23.3 Å². The molecule has 2 aliphatic rings. The Bertz CT molecular complexity index is 797. The number of hydrogen-bond donors (Lipinski definition) is 2. The van der Waals surface area contributed by atoms with E-state index < -0.39 is 0 Å². The highest BCUT2D eigenvalue weighted by Crippen LogP contribution is 2.37. The Morgan fingerprint density at radius 3 is 3.04 bits per heavy atom. The molecule has 0 bridgehead atoms. The highest BCUT2D eigenvalue weighted by Gasteiger charge is 2.28. The van der Waals surface area contributed by atoms with Crippen LogP contribution >= 0.6 is 11.6 Å². The SMILES string of the molecule is CCCN(CC1CC1)C(=O)c1cc(-c2c(Cl)cnc3c2CCN3)c[nH]1. The topological polar surface area (TPSA) is 61.0 Å². The Hall–Kier alpha value is -2.01. The lowest BCUT2D eigenvalue weighted by atomic mass is 10.0. The van der Waals surface area contributed by atoms with Gasteiger partial charge in [-0.05, 0) is 37.7 Å². The summed E-state index contributed by atoms with van der Waals surface area (Å²) in [4.78, 5) is 22.4. The molecule has 3 heterocycles. The number of fused-ring (bicyclic) bond motifs is 1. The molecule has 2 aromatic rings. The first-order chi connectivity index (χ1) is 12.2. The van der Waals surface area contributed by atoms with Crippen LogP contribution < -0.4 is 5.32 Å². The van der Waals surface area contributed by atoms with Gasteiger partial charge < -0.3 is 15.2 Å². The van der Waals surface area contributed by atoms with E-state index >= 15 is 0 Å². The van der Waals surface area contributed by atoms with Crippen molar-refractivity contribution in [3.8, 4) is 11.1 Å². The minimum absolute atomic E-state index is 0.0833. The maximum absolute atomic E-state index is 12.9. The first kappa shape index (κ1) is 16.5. The van der Waals surface area contributed by atoms with Gasteiger partial charge in [0.25, 0.3) is 5.91 Å². The van der Waals surface area contributed by atoms with Crippen molar-refractivity contribution in [1.82, 2.24) is 14.9 Å². The number of H-pyrrole nitrogens is 1. The average molecular weight is 359 g/mol. The summed E-state index contributed by atoms with van der Waals surface area (Å²) >= 11 is 6.42. The summed E-state index contributed by atoms with van der Waals surface area (Å²) in [5.74, 6) is 1.67. The second-order valence-electron chi connectivity index (χ2n) is 6.98. The summed E-state index contributed by atoms with van der Waals surface area (Å²) in [6.45, 7) is 4.66. The third-order valence-corrected chi connectivity index (χ3v) is 5.25. The van der Waals surface area contributed by atoms with E-state index in [-0.39, 0.29) is 5.91 Å². The Labute approximate surface area is 152 Å². The van der Waals surface area contributed by atoms with Gasteiger partial charge in [0.2, 0.25) is 0 Å². The van der Waals surface area contributed by atoms with E-state index in [4.69, 9.17) is 11.6 Å². The van der Waals surface area contributed by atoms with Gasteiger partial charge in [0.1, 0.15) is 11.5 Å². The molecule has 2 aromatic heterocycles. The van der Waals surface area contributed by atoms with Crippen molar-refractivity contribution < 1.29 is 4.79 Å². The summed E-state index contributed by atoms with van der Waals surface area (Å²) in [6, 6.07) is 1.93. The summed E-state index contributed by atoms with van der Waals surface area (Å²) in [6.07, 6.45) is 7.93. The molecule has 1 aliphatic heterocycles. The van der Waals surface area contributed by atoms with Crippen molar-refractivity contribution in [2.75, 3.05) is 25.0 Å². The number of rotatable bonds is 6. The fraction of sp³-hybridized carbons (Fsp3) is 0.474. The monoisotopic (exact) mass is 358 g/mol. The Kier molecular flexibility index (Phi) is 4.42. The predicted octanol–water partition coefficient (Wildman–Crippen LogP) is 3.96. The maximum atomic E-state index is 12.9. The number of nitrogens with one attached hydrogen (secondary N) is 2. The lowest BCUT2D eigenvalue weighted by molar-refractivity contribution is 0.0742. The minimum atomic E-state index is 0.0833. The summed E-state index contributed by atoms with van der Waals surface area (Å²) in [5, 5.41) is 3.90. The summed E-state index contributed by atoms with van der Waals surface area (Å²) in [5.41, 5.74) is 3.71. The second-order valence-corrected chi connectivity index (χ2v) is 7.39. The zero-order valence-corrected chi connectivity index (χ0v) is 15.2. The molecular formula is C19H23ClN4O. The van der Waals surface area contributed by atoms with Gasteiger partial charge in [-0.25, -0.2) is 4.98 Å². The van der Waals surface area contributed by atoms with Gasteiger partial charge in [-0.1, -0.05) is 18.5 Å². The highest BCUT2D eigenvalue weighted by molar-refractivity contribution is 6.33. The molecule has 0 aromatic carbocycles. The van der Waals surface area contributed by atoms with Crippen LogP contribution in [0, 0.1) is 5.92 Å². The van der Waals surface area contributed by atoms with Crippen LogP contribution in [0.4, 0.5) is 5.82 Å². The molecule has 132 valence electrons. The molecule has 4 rings (SSSR count). The zero-order chi connectivity index (χ0) is 17.4. The van der Waals surface area contributed by atoms with Crippen LogP contribution in [0.25, 0.3) is 11.1 Å². The smallest absolute Gasteiger partial charge is 0.270 e. The number of pyridine rings is 1. The van der Waals surface area contributed by atoms with Crippen LogP contribution in [-0.4, -0.2) is 40.4 Å². The lowest BCUT2D eigenvalue weighted by Crippen LogP contribution is -2.33. The van der Waals surface area contributed by atoms with E-state index in [9.17, 15) is 4.79 Å². The molecule has 0 atom stereocenters. The third kappa shape index (κ3) is 3.25. The average Bonchev–Trinajstić information content (AvgIpc) is 3.10. The predicted molar refractivity (Wildman–Crippen MR) is 100 cm³/mol. The molecule has 0 unspecified atom stereocenters. The van der Waals surface area contributed by atoms with Crippen molar-refractivity contribution in [3.63, 3.8) is 0 Å². The molecule has 1 saturated carbocycles. The third-order valence-electron chi connectivity index (χ3n) is 4.96. The molecule has 0 radical (unpaired) electrons. The van der Waals surface area contributed by atoms with Crippen LogP contribution in [0.3, 0.4) is 0 Å². The number of aromatic amines is 1. The molecule has 5 nitrogen and oxygen atoms in total. The number of halogens is 1. The van der Waals surface area contributed by atoms with Crippen molar-refractivity contribution in [2.45, 2.75) is 32.6 Å². The largest absolute Gasteiger partial charge is 0.369 e. The molecule has 0 spiro atoms. The van der Waals surface area contributed by atoms with Crippen LogP contribution in [0.1, 0.15) is 42.2 Å². The van der Waals surface area contributed by atoms with E-state index in [1.54, 1.807) is 6.20 Å². The molecule has 0 saturated heterocycles. The summed E-state index contributed by atoms with van der Waals surface area (Å²) < 4.78 is 0. The van der Waals surface area contributed by atoms with Gasteiger partial charge in [-0.3, -0.25) is 4.79 Å². The number of aromatic nitrogens is 2. The minimum Gasteiger partial charge on any atom is -0.369 e. The number of hydrogen-bond acceptors (Lipinski definition) is 3. The van der Waals surface area contributed by atoms with E-state index in [0.717, 1.165) is 55.0 Å². The van der Waals surface area contributed by atoms with Crippen molar-refractivity contribution in [1.29, 1.82) is 0 Å². The Morgan fingerprint density at radius 1 is 1.44 bits per heavy atom. The van der Waals surface area contributed by atoms with Crippen LogP contribution in [0.2, 0.25) is 5.02 Å². The Balaban J connectivity index is 1.62. The van der Waals surface area contributed by atoms with Crippen LogP contribution in [0.15, 0.2) is 18.5 Å². The van der Waals surface area contributed by atoms with Crippen molar-refractivity contribution in [2.24, 2.45) is 5.92 Å². The first-order valence-electron chi connectivity index (χ1n) is 9.06. The standard InChI is InChI=1S/C19H23ClN4O/c1-2-7-24(11-12-3-4-12)19(25)16-8-13(9-22-16)17-14-5-6-21-18(14)23-10-15(17)20/h8-10,12,22H,2-7,11H2,1H3,(H,21,23). The van der Waals surface area contributed by atoms with Crippen molar-refractivity contribution in [3.05, 3.63) is 34.7 Å². The molecule has 2 N–H and O–H groups in total. The number of carbonyl (C=O) groups is 1. The van der Waals surface area contributed by atoms with E-state index in [1.165, 1.54) is 12.8 Å². The molecule has 1 amide bonds. The van der Waals surface area contributed by atoms with Gasteiger partial charge in [0.15, 0.2) is 0 Å².